The molecule has 0 bridgehead atoms. The molecule has 3 unspecified atom stereocenters. The van der Waals surface area contributed by atoms with Gasteiger partial charge >= 0.3 is 0 Å². The van der Waals surface area contributed by atoms with E-state index < -0.39 is 0 Å². The topological polar surface area (TPSA) is 20.2 Å². The molecule has 2 heteroatoms. The molecule has 0 saturated heterocycles. The lowest BCUT2D eigenvalue weighted by atomic mass is 9.64. The Morgan fingerprint density at radius 3 is 2.53 bits per heavy atom. The molecule has 3 atom stereocenters. The van der Waals surface area contributed by atoms with Gasteiger partial charge in [0.15, 0.2) is 0 Å². The monoisotopic (exact) mass is 264 g/mol. The van der Waals surface area contributed by atoms with Crippen LogP contribution in [0.2, 0.25) is 0 Å². The van der Waals surface area contributed by atoms with Crippen molar-refractivity contribution in [1.82, 2.24) is 0 Å². The Morgan fingerprint density at radius 1 is 1.26 bits per heavy atom. The van der Waals surface area contributed by atoms with Crippen LogP contribution in [0.3, 0.4) is 0 Å². The second-order valence-corrected chi connectivity index (χ2v) is 6.78. The van der Waals surface area contributed by atoms with E-state index in [0.29, 0.717) is 11.5 Å². The summed E-state index contributed by atoms with van der Waals surface area (Å²) in [5.74, 6) is 0.659. The van der Waals surface area contributed by atoms with E-state index in [1.165, 1.54) is 0 Å². The van der Waals surface area contributed by atoms with Gasteiger partial charge in [0.1, 0.15) is 5.82 Å². The summed E-state index contributed by atoms with van der Waals surface area (Å²) >= 11 is 0. The van der Waals surface area contributed by atoms with E-state index in [-0.39, 0.29) is 23.3 Å². The molecule has 0 radical (unpaired) electrons. The number of aryl methyl sites for hydroxylation is 1. The second-order valence-electron chi connectivity index (χ2n) is 6.78. The Hall–Kier alpha value is -0.890. The third kappa shape index (κ3) is 2.84. The van der Waals surface area contributed by atoms with Gasteiger partial charge in [0.05, 0.1) is 6.10 Å². The maximum absolute atomic E-state index is 13.8. The molecule has 1 aromatic rings. The fourth-order valence-corrected chi connectivity index (χ4v) is 3.40. The predicted octanol–water partition coefficient (Wildman–Crippen LogP) is 4.21. The van der Waals surface area contributed by atoms with E-state index in [4.69, 9.17) is 0 Å². The van der Waals surface area contributed by atoms with Crippen LogP contribution in [0, 0.1) is 24.6 Å². The minimum atomic E-state index is -0.275. The first-order valence-corrected chi connectivity index (χ1v) is 7.27. The van der Waals surface area contributed by atoms with Gasteiger partial charge in [-0.3, -0.25) is 0 Å². The van der Waals surface area contributed by atoms with E-state index in [2.05, 4.69) is 20.8 Å². The molecule has 1 fully saturated rings. The van der Waals surface area contributed by atoms with Crippen LogP contribution in [0.4, 0.5) is 4.39 Å². The van der Waals surface area contributed by atoms with Crippen LogP contribution in [0.5, 0.6) is 0 Å². The molecule has 0 aliphatic heterocycles. The summed E-state index contributed by atoms with van der Waals surface area (Å²) in [5.41, 5.74) is 1.49. The first-order valence-electron chi connectivity index (χ1n) is 7.27. The molecule has 2 rings (SSSR count). The number of rotatable bonds is 2. The summed E-state index contributed by atoms with van der Waals surface area (Å²) in [6.45, 7) is 8.23. The Labute approximate surface area is 115 Å². The van der Waals surface area contributed by atoms with E-state index in [1.54, 1.807) is 13.0 Å². The maximum atomic E-state index is 13.8. The molecule has 1 N–H and O–H groups in total. The van der Waals surface area contributed by atoms with Crippen molar-refractivity contribution in [2.75, 3.05) is 0 Å². The molecule has 19 heavy (non-hydrogen) atoms. The third-order valence-corrected chi connectivity index (χ3v) is 4.92. The number of hydrogen-bond donors (Lipinski definition) is 1. The largest absolute Gasteiger partial charge is 0.393 e. The molecule has 1 nitrogen and oxygen atoms in total. The van der Waals surface area contributed by atoms with Gasteiger partial charge in [-0.1, -0.05) is 39.3 Å². The Kier molecular flexibility index (Phi) is 4.00. The maximum Gasteiger partial charge on any atom is 0.126 e. The normalized spacial score (nSPS) is 28.4. The van der Waals surface area contributed by atoms with Crippen molar-refractivity contribution in [3.63, 3.8) is 0 Å². The number of hydrogen-bond acceptors (Lipinski definition) is 1. The molecule has 1 aliphatic rings. The Bertz CT molecular complexity index is 453. The fourth-order valence-electron chi connectivity index (χ4n) is 3.40. The second kappa shape index (κ2) is 5.24. The summed E-state index contributed by atoms with van der Waals surface area (Å²) in [6.07, 6.45) is 2.76. The van der Waals surface area contributed by atoms with E-state index in [1.807, 2.05) is 12.1 Å². The number of aliphatic hydroxyl groups is 1. The van der Waals surface area contributed by atoms with Crippen molar-refractivity contribution in [3.8, 4) is 0 Å². The van der Waals surface area contributed by atoms with Crippen molar-refractivity contribution >= 4 is 0 Å². The highest BCUT2D eigenvalue weighted by Gasteiger charge is 2.39. The van der Waals surface area contributed by atoms with E-state index in [9.17, 15) is 9.50 Å². The van der Waals surface area contributed by atoms with Crippen LogP contribution in [0.25, 0.3) is 0 Å². The van der Waals surface area contributed by atoms with Crippen molar-refractivity contribution in [3.05, 3.63) is 35.1 Å². The average Bonchev–Trinajstić information content (AvgIpc) is 2.32. The molecule has 1 saturated carbocycles. The summed E-state index contributed by atoms with van der Waals surface area (Å²) in [6, 6.07) is 5.48. The lowest BCUT2D eigenvalue weighted by Crippen LogP contribution is -2.41. The summed E-state index contributed by atoms with van der Waals surface area (Å²) in [4.78, 5) is 0. The zero-order valence-corrected chi connectivity index (χ0v) is 12.4. The minimum Gasteiger partial charge on any atom is -0.393 e. The van der Waals surface area contributed by atoms with Gasteiger partial charge in [-0.25, -0.2) is 4.39 Å². The molecular formula is C17H25FO. The number of aliphatic hydroxyl groups excluding tert-OH is 1. The average molecular weight is 264 g/mol. The van der Waals surface area contributed by atoms with Gasteiger partial charge in [0.25, 0.3) is 0 Å². The van der Waals surface area contributed by atoms with Gasteiger partial charge in [-0.05, 0) is 54.2 Å². The minimum absolute atomic E-state index is 0.149. The molecule has 0 aromatic heterocycles. The lowest BCUT2D eigenvalue weighted by molar-refractivity contribution is 0.0142. The summed E-state index contributed by atoms with van der Waals surface area (Å²) in [5, 5.41) is 10.4. The zero-order valence-electron chi connectivity index (χ0n) is 12.4. The van der Waals surface area contributed by atoms with Crippen LogP contribution in [0.1, 0.15) is 51.2 Å². The van der Waals surface area contributed by atoms with Crippen molar-refractivity contribution in [1.29, 1.82) is 0 Å². The van der Waals surface area contributed by atoms with Gasteiger partial charge in [0.2, 0.25) is 0 Å². The molecule has 106 valence electrons. The van der Waals surface area contributed by atoms with Crippen LogP contribution < -0.4 is 0 Å². The standard InChI is InChI=1S/C17H25FO/c1-11-5-8-14(16(19)9-11)17(3,4)13-7-6-12(2)15(18)10-13/h6-7,10-11,14,16,19H,5,8-9H2,1-4H3. The molecule has 1 aliphatic carbocycles. The van der Waals surface area contributed by atoms with Gasteiger partial charge in [-0.2, -0.15) is 0 Å². The summed E-state index contributed by atoms with van der Waals surface area (Å²) in [7, 11) is 0. The first kappa shape index (κ1) is 14.5. The summed E-state index contributed by atoms with van der Waals surface area (Å²) < 4.78 is 13.8. The molecule has 0 amide bonds. The van der Waals surface area contributed by atoms with Crippen LogP contribution in [-0.4, -0.2) is 11.2 Å². The quantitative estimate of drug-likeness (QED) is 0.848. The van der Waals surface area contributed by atoms with Crippen LogP contribution in [-0.2, 0) is 5.41 Å². The first-order chi connectivity index (χ1) is 8.82. The highest BCUT2D eigenvalue weighted by Crippen LogP contribution is 2.42. The SMILES string of the molecule is Cc1ccc(C(C)(C)C2CCC(C)CC2O)cc1F. The zero-order chi connectivity index (χ0) is 14.2. The smallest absolute Gasteiger partial charge is 0.126 e. The van der Waals surface area contributed by atoms with E-state index >= 15 is 0 Å². The van der Waals surface area contributed by atoms with Gasteiger partial charge < -0.3 is 5.11 Å². The lowest BCUT2D eigenvalue weighted by Gasteiger charge is -2.42. The Balaban J connectivity index is 2.28. The number of halogens is 1. The fraction of sp³-hybridized carbons (Fsp3) is 0.647. The van der Waals surface area contributed by atoms with Gasteiger partial charge in [0, 0.05) is 0 Å². The highest BCUT2D eigenvalue weighted by molar-refractivity contribution is 5.30. The Morgan fingerprint density at radius 2 is 1.95 bits per heavy atom. The third-order valence-electron chi connectivity index (χ3n) is 4.92. The van der Waals surface area contributed by atoms with Crippen molar-refractivity contribution in [2.24, 2.45) is 11.8 Å². The molecular weight excluding hydrogens is 239 g/mol. The van der Waals surface area contributed by atoms with E-state index in [0.717, 1.165) is 24.8 Å². The van der Waals surface area contributed by atoms with Crippen molar-refractivity contribution < 1.29 is 9.50 Å². The molecule has 0 heterocycles. The van der Waals surface area contributed by atoms with Crippen molar-refractivity contribution in [2.45, 2.75) is 58.5 Å². The van der Waals surface area contributed by atoms with Gasteiger partial charge in [-0.15, -0.1) is 0 Å². The predicted molar refractivity (Wildman–Crippen MR) is 76.7 cm³/mol. The van der Waals surface area contributed by atoms with Crippen LogP contribution in [0.15, 0.2) is 18.2 Å². The molecule has 1 aromatic carbocycles. The van der Waals surface area contributed by atoms with Crippen LogP contribution >= 0.6 is 0 Å². The highest BCUT2D eigenvalue weighted by atomic mass is 19.1. The number of benzene rings is 1. The molecule has 0 spiro atoms.